The predicted molar refractivity (Wildman–Crippen MR) is 86.1 cm³/mol. The highest BCUT2D eigenvalue weighted by molar-refractivity contribution is 5.91. The zero-order valence-corrected chi connectivity index (χ0v) is 13.8. The van der Waals surface area contributed by atoms with E-state index in [2.05, 4.69) is 5.32 Å². The number of halogens is 3. The van der Waals surface area contributed by atoms with Gasteiger partial charge in [0.2, 0.25) is 6.79 Å². The largest absolute Gasteiger partial charge is 0.454 e. The molecule has 9 heteroatoms. The van der Waals surface area contributed by atoms with E-state index >= 15 is 0 Å². The van der Waals surface area contributed by atoms with Crippen molar-refractivity contribution in [3.8, 4) is 11.5 Å². The second-order valence-electron chi connectivity index (χ2n) is 5.62. The Bertz CT molecular complexity index is 866. The molecule has 27 heavy (non-hydrogen) atoms. The number of ether oxygens (including phenoxy) is 3. The van der Waals surface area contributed by atoms with Crippen LogP contribution >= 0.6 is 0 Å². The molecule has 2 aromatic carbocycles. The topological polar surface area (TPSA) is 73.9 Å². The molecule has 0 spiro atoms. The number of carbonyl (C=O) groups is 2. The number of benzene rings is 2. The van der Waals surface area contributed by atoms with Crippen LogP contribution in [0.3, 0.4) is 0 Å². The van der Waals surface area contributed by atoms with Crippen molar-refractivity contribution in [2.24, 2.45) is 0 Å². The Hall–Kier alpha value is -3.23. The quantitative estimate of drug-likeness (QED) is 0.807. The highest BCUT2D eigenvalue weighted by Crippen LogP contribution is 2.32. The van der Waals surface area contributed by atoms with Gasteiger partial charge >= 0.3 is 12.1 Å². The lowest BCUT2D eigenvalue weighted by Crippen LogP contribution is -2.28. The fourth-order valence-electron chi connectivity index (χ4n) is 2.34. The number of alkyl halides is 3. The first kappa shape index (κ1) is 18.6. The van der Waals surface area contributed by atoms with Crippen LogP contribution in [-0.2, 0) is 22.3 Å². The fourth-order valence-corrected chi connectivity index (χ4v) is 2.34. The Kier molecular flexibility index (Phi) is 5.20. The lowest BCUT2D eigenvalue weighted by molar-refractivity contribution is -0.137. The summed E-state index contributed by atoms with van der Waals surface area (Å²) >= 11 is 0. The molecule has 6 nitrogen and oxygen atoms in total. The number of esters is 1. The van der Waals surface area contributed by atoms with Gasteiger partial charge in [-0.1, -0.05) is 12.1 Å². The molecule has 3 rings (SSSR count). The number of hydrogen-bond acceptors (Lipinski definition) is 5. The highest BCUT2D eigenvalue weighted by Gasteiger charge is 2.31. The highest BCUT2D eigenvalue weighted by atomic mass is 19.4. The predicted octanol–water partition coefficient (Wildman–Crippen LogP) is 2.91. The van der Waals surface area contributed by atoms with Crippen LogP contribution in [0.25, 0.3) is 0 Å². The summed E-state index contributed by atoms with van der Waals surface area (Å²) in [7, 11) is 0. The Morgan fingerprint density at radius 3 is 2.63 bits per heavy atom. The van der Waals surface area contributed by atoms with E-state index in [1.807, 2.05) is 0 Å². The lowest BCUT2D eigenvalue weighted by Gasteiger charge is -2.09. The van der Waals surface area contributed by atoms with Gasteiger partial charge in [0.05, 0.1) is 11.1 Å². The number of nitrogens with one attached hydrogen (secondary N) is 1. The minimum Gasteiger partial charge on any atom is -0.454 e. The van der Waals surface area contributed by atoms with Gasteiger partial charge in [0, 0.05) is 6.54 Å². The average Bonchev–Trinajstić information content (AvgIpc) is 3.11. The summed E-state index contributed by atoms with van der Waals surface area (Å²) < 4.78 is 53.1. The second kappa shape index (κ2) is 7.56. The molecule has 0 unspecified atom stereocenters. The van der Waals surface area contributed by atoms with E-state index in [0.717, 1.165) is 17.7 Å². The summed E-state index contributed by atoms with van der Waals surface area (Å²) in [6, 6.07) is 8.94. The van der Waals surface area contributed by atoms with Crippen molar-refractivity contribution in [1.82, 2.24) is 5.32 Å². The Labute approximate surface area is 151 Å². The first-order valence-electron chi connectivity index (χ1n) is 7.82. The Morgan fingerprint density at radius 1 is 1.07 bits per heavy atom. The van der Waals surface area contributed by atoms with Crippen LogP contribution in [0.4, 0.5) is 13.2 Å². The number of carbonyl (C=O) groups excluding carboxylic acids is 2. The van der Waals surface area contributed by atoms with Crippen molar-refractivity contribution in [2.75, 3.05) is 13.4 Å². The van der Waals surface area contributed by atoms with Gasteiger partial charge in [-0.2, -0.15) is 13.2 Å². The molecular formula is C18H14F3NO5. The number of fused-ring (bicyclic) bond motifs is 1. The number of amides is 1. The smallest absolute Gasteiger partial charge is 0.416 e. The van der Waals surface area contributed by atoms with Crippen LogP contribution < -0.4 is 14.8 Å². The number of rotatable bonds is 5. The van der Waals surface area contributed by atoms with Gasteiger partial charge in [0.25, 0.3) is 5.91 Å². The van der Waals surface area contributed by atoms with Gasteiger partial charge < -0.3 is 19.5 Å². The first-order chi connectivity index (χ1) is 12.8. The van der Waals surface area contributed by atoms with E-state index in [1.54, 1.807) is 18.2 Å². The molecular weight excluding hydrogens is 367 g/mol. The minimum absolute atomic E-state index is 0.136. The van der Waals surface area contributed by atoms with Gasteiger partial charge in [-0.15, -0.1) is 0 Å². The maximum Gasteiger partial charge on any atom is 0.416 e. The van der Waals surface area contributed by atoms with Crippen LogP contribution in [0.1, 0.15) is 21.5 Å². The Balaban J connectivity index is 1.49. The van der Waals surface area contributed by atoms with Crippen LogP contribution in [0.15, 0.2) is 42.5 Å². The summed E-state index contributed by atoms with van der Waals surface area (Å²) in [5.41, 5.74) is -0.505. The summed E-state index contributed by atoms with van der Waals surface area (Å²) in [5, 5.41) is 2.54. The van der Waals surface area contributed by atoms with Crippen LogP contribution in [0, 0.1) is 0 Å². The Morgan fingerprint density at radius 2 is 1.85 bits per heavy atom. The SMILES string of the molecule is O=C(COC(=O)c1cccc(C(F)(F)F)c1)NCc1ccc2c(c1)OCO2. The molecule has 1 amide bonds. The maximum absolute atomic E-state index is 12.7. The van der Waals surface area contributed by atoms with E-state index < -0.39 is 30.2 Å². The molecule has 1 N–H and O–H groups in total. The third-order valence-electron chi connectivity index (χ3n) is 3.69. The van der Waals surface area contributed by atoms with Crippen LogP contribution in [-0.4, -0.2) is 25.3 Å². The zero-order valence-electron chi connectivity index (χ0n) is 13.8. The standard InChI is InChI=1S/C18H14F3NO5/c19-18(20,21)13-3-1-2-12(7-13)17(24)25-9-16(23)22-8-11-4-5-14-15(6-11)27-10-26-14/h1-7H,8-10H2,(H,22,23). The molecule has 0 saturated carbocycles. The van der Waals surface area contributed by atoms with E-state index in [1.165, 1.54) is 6.07 Å². The third-order valence-corrected chi connectivity index (χ3v) is 3.69. The number of hydrogen-bond donors (Lipinski definition) is 1. The van der Waals surface area contributed by atoms with E-state index in [-0.39, 0.29) is 18.9 Å². The molecule has 1 heterocycles. The van der Waals surface area contributed by atoms with Crippen LogP contribution in [0.2, 0.25) is 0 Å². The van der Waals surface area contributed by atoms with Crippen molar-refractivity contribution in [2.45, 2.75) is 12.7 Å². The molecule has 1 aliphatic rings. The molecule has 0 aliphatic carbocycles. The average molecular weight is 381 g/mol. The van der Waals surface area contributed by atoms with E-state index in [0.29, 0.717) is 17.6 Å². The molecule has 142 valence electrons. The second-order valence-corrected chi connectivity index (χ2v) is 5.62. The van der Waals surface area contributed by atoms with E-state index in [9.17, 15) is 22.8 Å². The van der Waals surface area contributed by atoms with Gasteiger partial charge in [0.15, 0.2) is 18.1 Å². The summed E-state index contributed by atoms with van der Waals surface area (Å²) in [6.07, 6.45) is -4.57. The van der Waals surface area contributed by atoms with Crippen molar-refractivity contribution in [3.05, 3.63) is 59.2 Å². The van der Waals surface area contributed by atoms with Crippen molar-refractivity contribution in [3.63, 3.8) is 0 Å². The molecule has 0 atom stereocenters. The van der Waals surface area contributed by atoms with Crippen molar-refractivity contribution in [1.29, 1.82) is 0 Å². The summed E-state index contributed by atoms with van der Waals surface area (Å²) in [5.74, 6) is -0.426. The fraction of sp³-hybridized carbons (Fsp3) is 0.222. The van der Waals surface area contributed by atoms with Crippen molar-refractivity contribution < 1.29 is 37.0 Å². The van der Waals surface area contributed by atoms with E-state index in [4.69, 9.17) is 14.2 Å². The van der Waals surface area contributed by atoms with Crippen LogP contribution in [0.5, 0.6) is 11.5 Å². The molecule has 0 fully saturated rings. The summed E-state index contributed by atoms with van der Waals surface area (Å²) in [6.45, 7) is -0.313. The maximum atomic E-state index is 12.7. The molecule has 0 radical (unpaired) electrons. The van der Waals surface area contributed by atoms with Crippen molar-refractivity contribution >= 4 is 11.9 Å². The minimum atomic E-state index is -4.57. The van der Waals surface area contributed by atoms with Gasteiger partial charge in [0.1, 0.15) is 0 Å². The molecule has 0 saturated heterocycles. The summed E-state index contributed by atoms with van der Waals surface area (Å²) in [4.78, 5) is 23.6. The normalized spacial score (nSPS) is 12.6. The molecule has 0 aromatic heterocycles. The molecule has 1 aliphatic heterocycles. The molecule has 2 aromatic rings. The lowest BCUT2D eigenvalue weighted by atomic mass is 10.1. The first-order valence-corrected chi connectivity index (χ1v) is 7.82. The van der Waals surface area contributed by atoms with Gasteiger partial charge in [-0.3, -0.25) is 4.79 Å². The third kappa shape index (κ3) is 4.69. The molecule has 0 bridgehead atoms. The van der Waals surface area contributed by atoms with Gasteiger partial charge in [-0.25, -0.2) is 4.79 Å². The zero-order chi connectivity index (χ0) is 19.4. The monoisotopic (exact) mass is 381 g/mol. The van der Waals surface area contributed by atoms with Gasteiger partial charge in [-0.05, 0) is 35.9 Å².